The van der Waals surface area contributed by atoms with Crippen LogP contribution in [0.2, 0.25) is 0 Å². The first-order chi connectivity index (χ1) is 8.82. The van der Waals surface area contributed by atoms with Gasteiger partial charge in [0.2, 0.25) is 5.95 Å². The molecule has 11 heteroatoms. The zero-order valence-electron chi connectivity index (χ0n) is 9.23. The number of benzene rings is 1. The Bertz CT molecular complexity index is 729. The summed E-state index contributed by atoms with van der Waals surface area (Å²) < 4.78 is 0. The number of aromatic nitrogens is 2. The molecule has 1 heterocycles. The van der Waals surface area contributed by atoms with Crippen LogP contribution in [0.1, 0.15) is 0 Å². The van der Waals surface area contributed by atoms with Gasteiger partial charge in [-0.25, -0.2) is 4.98 Å². The Morgan fingerprint density at radius 1 is 1.05 bits per heavy atom. The van der Waals surface area contributed by atoms with E-state index in [1.807, 2.05) is 0 Å². The number of fused-ring (bicyclic) bond motifs is 1. The fourth-order valence-corrected chi connectivity index (χ4v) is 1.63. The zero-order chi connectivity index (χ0) is 14.3. The van der Waals surface area contributed by atoms with Crippen LogP contribution >= 0.6 is 0 Å². The number of nitro groups is 2. The fourth-order valence-electron chi connectivity index (χ4n) is 1.63. The molecule has 0 unspecified atom stereocenters. The first-order valence-electron chi connectivity index (χ1n) is 4.77. The van der Waals surface area contributed by atoms with Crippen LogP contribution in [0, 0.1) is 20.2 Å². The van der Waals surface area contributed by atoms with Crippen LogP contribution in [-0.4, -0.2) is 19.8 Å². The summed E-state index contributed by atoms with van der Waals surface area (Å²) in [5.41, 5.74) is 14.1. The van der Waals surface area contributed by atoms with Gasteiger partial charge in [0.15, 0.2) is 11.2 Å². The molecule has 0 fully saturated rings. The number of hydrogen-bond acceptors (Lipinski definition) is 9. The molecule has 0 saturated carbocycles. The molecule has 0 spiro atoms. The Hall–Kier alpha value is -3.24. The normalized spacial score (nSPS) is 10.5. The van der Waals surface area contributed by atoms with Gasteiger partial charge < -0.3 is 17.2 Å². The summed E-state index contributed by atoms with van der Waals surface area (Å²) in [5, 5.41) is 21.8. The predicted octanol–water partition coefficient (Wildman–Crippen LogP) is 0.193. The van der Waals surface area contributed by atoms with Gasteiger partial charge >= 0.3 is 5.69 Å². The number of hydrogen-bond donors (Lipinski definition) is 3. The van der Waals surface area contributed by atoms with Crippen molar-refractivity contribution in [3.05, 3.63) is 26.3 Å². The molecule has 6 N–H and O–H groups in total. The highest BCUT2D eigenvalue weighted by molar-refractivity contribution is 6.02. The monoisotopic (exact) mass is 265 g/mol. The average molecular weight is 265 g/mol. The molecule has 2 rings (SSSR count). The van der Waals surface area contributed by atoms with Crippen molar-refractivity contribution >= 4 is 39.7 Å². The van der Waals surface area contributed by atoms with Gasteiger partial charge in [-0.3, -0.25) is 20.2 Å². The molecule has 1 aromatic heterocycles. The van der Waals surface area contributed by atoms with Gasteiger partial charge in [0.05, 0.1) is 15.2 Å². The number of nitrogens with two attached hydrogens (primary N) is 3. The maximum Gasteiger partial charge on any atom is 0.325 e. The van der Waals surface area contributed by atoms with Crippen LogP contribution < -0.4 is 17.2 Å². The van der Waals surface area contributed by atoms with Crippen LogP contribution in [0.3, 0.4) is 0 Å². The third-order valence-corrected chi connectivity index (χ3v) is 2.41. The van der Waals surface area contributed by atoms with Crippen LogP contribution in [-0.2, 0) is 0 Å². The molecule has 0 saturated heterocycles. The van der Waals surface area contributed by atoms with E-state index in [-0.39, 0.29) is 22.7 Å². The van der Waals surface area contributed by atoms with Gasteiger partial charge in [0.1, 0.15) is 5.82 Å². The van der Waals surface area contributed by atoms with Crippen molar-refractivity contribution in [3.8, 4) is 0 Å². The van der Waals surface area contributed by atoms with Crippen molar-refractivity contribution in [1.82, 2.24) is 9.97 Å². The molecule has 1 aromatic carbocycles. The predicted molar refractivity (Wildman–Crippen MR) is 66.1 cm³/mol. The maximum absolute atomic E-state index is 11.0. The fraction of sp³-hybridized carbons (Fsp3) is 0. The van der Waals surface area contributed by atoms with Gasteiger partial charge in [-0.2, -0.15) is 4.98 Å². The van der Waals surface area contributed by atoms with E-state index in [0.29, 0.717) is 0 Å². The van der Waals surface area contributed by atoms with E-state index in [1.165, 1.54) is 0 Å². The van der Waals surface area contributed by atoms with Crippen LogP contribution in [0.5, 0.6) is 0 Å². The van der Waals surface area contributed by atoms with E-state index >= 15 is 0 Å². The van der Waals surface area contributed by atoms with Crippen molar-refractivity contribution < 1.29 is 9.85 Å². The van der Waals surface area contributed by atoms with Crippen molar-refractivity contribution in [1.29, 1.82) is 0 Å². The molecule has 11 nitrogen and oxygen atoms in total. The lowest BCUT2D eigenvalue weighted by molar-refractivity contribution is -0.391. The van der Waals surface area contributed by atoms with E-state index in [4.69, 9.17) is 17.2 Å². The van der Waals surface area contributed by atoms with E-state index in [1.54, 1.807) is 0 Å². The molecule has 0 amide bonds. The number of nitrogens with zero attached hydrogens (tertiary/aromatic N) is 4. The molecule has 0 radical (unpaired) electrons. The number of nitrogen functional groups attached to an aromatic ring is 3. The Balaban J connectivity index is 3.05. The highest BCUT2D eigenvalue weighted by Gasteiger charge is 2.29. The van der Waals surface area contributed by atoms with Crippen molar-refractivity contribution in [2.24, 2.45) is 0 Å². The first kappa shape index (κ1) is 12.2. The summed E-state index contributed by atoms with van der Waals surface area (Å²) in [4.78, 5) is 27.3. The van der Waals surface area contributed by atoms with Crippen LogP contribution in [0.4, 0.5) is 28.8 Å². The number of rotatable bonds is 2. The Morgan fingerprint density at radius 3 is 2.21 bits per heavy atom. The zero-order valence-corrected chi connectivity index (χ0v) is 9.23. The lowest BCUT2D eigenvalue weighted by Crippen LogP contribution is -2.06. The van der Waals surface area contributed by atoms with Crippen LogP contribution in [0.25, 0.3) is 10.9 Å². The third kappa shape index (κ3) is 1.78. The lowest BCUT2D eigenvalue weighted by atomic mass is 10.1. The Kier molecular flexibility index (Phi) is 2.51. The van der Waals surface area contributed by atoms with Gasteiger partial charge in [-0.15, -0.1) is 0 Å². The van der Waals surface area contributed by atoms with E-state index in [9.17, 15) is 20.2 Å². The van der Waals surface area contributed by atoms with Crippen molar-refractivity contribution in [3.63, 3.8) is 0 Å². The van der Waals surface area contributed by atoms with E-state index in [2.05, 4.69) is 9.97 Å². The molecule has 2 aromatic rings. The van der Waals surface area contributed by atoms with Gasteiger partial charge in [-0.1, -0.05) is 0 Å². The Morgan fingerprint density at radius 2 is 1.68 bits per heavy atom. The molecular formula is C8H7N7O4. The van der Waals surface area contributed by atoms with Gasteiger partial charge in [-0.05, 0) is 0 Å². The summed E-state index contributed by atoms with van der Waals surface area (Å²) in [6.07, 6.45) is 0. The minimum Gasteiger partial charge on any atom is -0.387 e. The number of anilines is 3. The summed E-state index contributed by atoms with van der Waals surface area (Å²) in [7, 11) is 0. The second-order valence-electron chi connectivity index (χ2n) is 3.54. The minimum absolute atomic E-state index is 0.0539. The van der Waals surface area contributed by atoms with Gasteiger partial charge in [0.25, 0.3) is 5.69 Å². The standard InChI is InChI=1S/C8H7N7O4/c9-4-3(14(16)17)1-2-5(6(4)15(18)19)12-8(11)13-7(2)10/h1H,9H2,(H4,10,11,12,13). The molecular weight excluding hydrogens is 258 g/mol. The van der Waals surface area contributed by atoms with Crippen molar-refractivity contribution in [2.75, 3.05) is 17.2 Å². The average Bonchev–Trinajstić information content (AvgIpc) is 2.26. The molecule has 19 heavy (non-hydrogen) atoms. The molecule has 0 aliphatic carbocycles. The number of nitro benzene ring substituents is 2. The first-order valence-corrected chi connectivity index (χ1v) is 4.77. The van der Waals surface area contributed by atoms with E-state index in [0.717, 1.165) is 6.07 Å². The molecule has 0 atom stereocenters. The smallest absolute Gasteiger partial charge is 0.325 e. The maximum atomic E-state index is 11.0. The molecule has 0 aliphatic rings. The molecule has 0 aliphatic heterocycles. The summed E-state index contributed by atoms with van der Waals surface area (Å²) in [5.74, 6) is -0.491. The highest BCUT2D eigenvalue weighted by Crippen LogP contribution is 2.39. The highest BCUT2D eigenvalue weighted by atomic mass is 16.6. The van der Waals surface area contributed by atoms with Crippen LogP contribution in [0.15, 0.2) is 6.07 Å². The lowest BCUT2D eigenvalue weighted by Gasteiger charge is -2.05. The summed E-state index contributed by atoms with van der Waals surface area (Å²) in [6.45, 7) is 0. The largest absolute Gasteiger partial charge is 0.387 e. The SMILES string of the molecule is Nc1nc(N)c2cc([N+](=O)[O-])c(N)c([N+](=O)[O-])c2n1. The summed E-state index contributed by atoms with van der Waals surface area (Å²) in [6, 6.07) is 0.979. The Labute approximate surface area is 104 Å². The third-order valence-electron chi connectivity index (χ3n) is 2.41. The second-order valence-corrected chi connectivity index (χ2v) is 3.54. The second kappa shape index (κ2) is 3.90. The van der Waals surface area contributed by atoms with Crippen molar-refractivity contribution in [2.45, 2.75) is 0 Å². The molecule has 0 bridgehead atoms. The summed E-state index contributed by atoms with van der Waals surface area (Å²) >= 11 is 0. The topological polar surface area (TPSA) is 190 Å². The molecule has 98 valence electrons. The quantitative estimate of drug-likeness (QED) is 0.386. The van der Waals surface area contributed by atoms with E-state index < -0.39 is 26.9 Å². The van der Waals surface area contributed by atoms with Gasteiger partial charge in [0, 0.05) is 6.07 Å². The minimum atomic E-state index is -0.878.